The summed E-state index contributed by atoms with van der Waals surface area (Å²) in [6, 6.07) is 13.7. The van der Waals surface area contributed by atoms with E-state index in [-0.39, 0.29) is 17.7 Å². The van der Waals surface area contributed by atoms with Crippen LogP contribution in [0.5, 0.6) is 0 Å². The molecular weight excluding hydrogens is 344 g/mol. The van der Waals surface area contributed by atoms with E-state index in [9.17, 15) is 14.4 Å². The predicted octanol–water partition coefficient (Wildman–Crippen LogP) is 1.63. The summed E-state index contributed by atoms with van der Waals surface area (Å²) >= 11 is 0. The second-order valence-electron chi connectivity index (χ2n) is 6.36. The fraction of sp³-hybridized carbons (Fsp3) is 0.200. The van der Waals surface area contributed by atoms with Gasteiger partial charge in [-0.25, -0.2) is 9.78 Å². The van der Waals surface area contributed by atoms with Crippen molar-refractivity contribution in [1.29, 1.82) is 0 Å². The average molecular weight is 362 g/mol. The average Bonchev–Trinajstić information content (AvgIpc) is 2.68. The SMILES string of the molecule is CCCn1c(=O)c2ccccc2n(Cc2cc(=O)n3ccccc3n2)c1=O. The number of hydrogen-bond donors (Lipinski definition) is 0. The maximum absolute atomic E-state index is 13.0. The lowest BCUT2D eigenvalue weighted by molar-refractivity contribution is 0.578. The standard InChI is InChI=1S/C20H18N4O3/c1-2-10-23-19(26)15-7-3-4-8-16(15)24(20(23)27)13-14-12-18(25)22-11-6-5-9-17(22)21-14/h3-9,11-12H,2,10,13H2,1H3. The molecule has 0 aliphatic heterocycles. The minimum Gasteiger partial charge on any atom is -0.287 e. The number of hydrogen-bond acceptors (Lipinski definition) is 4. The maximum atomic E-state index is 13.0. The van der Waals surface area contributed by atoms with Crippen molar-refractivity contribution >= 4 is 16.6 Å². The second-order valence-corrected chi connectivity index (χ2v) is 6.36. The van der Waals surface area contributed by atoms with Gasteiger partial charge in [0.05, 0.1) is 23.1 Å². The van der Waals surface area contributed by atoms with Gasteiger partial charge in [-0.05, 0) is 30.7 Å². The number of para-hydroxylation sites is 1. The van der Waals surface area contributed by atoms with E-state index in [1.54, 1.807) is 48.7 Å². The number of fused-ring (bicyclic) bond motifs is 2. The van der Waals surface area contributed by atoms with E-state index in [2.05, 4.69) is 4.98 Å². The zero-order chi connectivity index (χ0) is 19.0. The van der Waals surface area contributed by atoms with E-state index < -0.39 is 5.69 Å². The molecule has 0 amide bonds. The van der Waals surface area contributed by atoms with E-state index in [4.69, 9.17) is 0 Å². The molecule has 0 N–H and O–H groups in total. The lowest BCUT2D eigenvalue weighted by atomic mass is 10.2. The number of rotatable bonds is 4. The van der Waals surface area contributed by atoms with Crippen molar-refractivity contribution in [3.05, 3.63) is 91.6 Å². The van der Waals surface area contributed by atoms with E-state index >= 15 is 0 Å². The lowest BCUT2D eigenvalue weighted by Gasteiger charge is -2.13. The van der Waals surface area contributed by atoms with Crippen LogP contribution in [0.4, 0.5) is 0 Å². The molecule has 0 fully saturated rings. The van der Waals surface area contributed by atoms with Crippen molar-refractivity contribution in [2.75, 3.05) is 0 Å². The van der Waals surface area contributed by atoms with Crippen LogP contribution in [0.15, 0.2) is 69.1 Å². The van der Waals surface area contributed by atoms with Gasteiger partial charge in [0.2, 0.25) is 0 Å². The lowest BCUT2D eigenvalue weighted by Crippen LogP contribution is -2.40. The topological polar surface area (TPSA) is 78.4 Å². The first kappa shape index (κ1) is 17.0. The van der Waals surface area contributed by atoms with Crippen LogP contribution in [-0.4, -0.2) is 18.5 Å². The minimum atomic E-state index is -0.393. The molecule has 3 aromatic heterocycles. The minimum absolute atomic E-state index is 0.115. The Morgan fingerprint density at radius 2 is 1.74 bits per heavy atom. The van der Waals surface area contributed by atoms with Crippen molar-refractivity contribution in [2.45, 2.75) is 26.4 Å². The number of benzene rings is 1. The zero-order valence-electron chi connectivity index (χ0n) is 14.8. The highest BCUT2D eigenvalue weighted by Gasteiger charge is 2.13. The van der Waals surface area contributed by atoms with Crippen molar-refractivity contribution < 1.29 is 0 Å². The molecule has 27 heavy (non-hydrogen) atoms. The molecule has 0 bridgehead atoms. The van der Waals surface area contributed by atoms with Gasteiger partial charge >= 0.3 is 5.69 Å². The van der Waals surface area contributed by atoms with Crippen molar-refractivity contribution in [1.82, 2.24) is 18.5 Å². The van der Waals surface area contributed by atoms with E-state index in [0.29, 0.717) is 35.2 Å². The van der Waals surface area contributed by atoms with Crippen LogP contribution in [-0.2, 0) is 13.1 Å². The Hall–Kier alpha value is -3.48. The van der Waals surface area contributed by atoms with Gasteiger partial charge in [0.1, 0.15) is 5.65 Å². The van der Waals surface area contributed by atoms with Crippen molar-refractivity contribution in [3.63, 3.8) is 0 Å². The molecule has 0 aliphatic carbocycles. The summed E-state index contributed by atoms with van der Waals surface area (Å²) < 4.78 is 4.20. The fourth-order valence-electron chi connectivity index (χ4n) is 3.29. The Morgan fingerprint density at radius 3 is 2.56 bits per heavy atom. The van der Waals surface area contributed by atoms with Crippen LogP contribution in [0, 0.1) is 0 Å². The van der Waals surface area contributed by atoms with Gasteiger partial charge in [0, 0.05) is 18.8 Å². The predicted molar refractivity (Wildman–Crippen MR) is 103 cm³/mol. The Labute approximate surface area is 153 Å². The molecule has 0 unspecified atom stereocenters. The summed E-state index contributed by atoms with van der Waals surface area (Å²) in [6.07, 6.45) is 2.32. The fourth-order valence-corrected chi connectivity index (χ4v) is 3.29. The van der Waals surface area contributed by atoms with Crippen molar-refractivity contribution in [2.24, 2.45) is 0 Å². The third-order valence-electron chi connectivity index (χ3n) is 4.52. The van der Waals surface area contributed by atoms with Gasteiger partial charge in [0.25, 0.3) is 11.1 Å². The van der Waals surface area contributed by atoms with Gasteiger partial charge in [-0.2, -0.15) is 0 Å². The molecule has 0 aliphatic rings. The van der Waals surface area contributed by atoms with E-state index in [1.807, 2.05) is 6.92 Å². The molecule has 0 atom stereocenters. The molecule has 0 saturated heterocycles. The Balaban J connectivity index is 1.96. The number of nitrogens with zero attached hydrogens (tertiary/aromatic N) is 4. The summed E-state index contributed by atoms with van der Waals surface area (Å²) in [7, 11) is 0. The summed E-state index contributed by atoms with van der Waals surface area (Å²) in [6.45, 7) is 2.37. The normalized spacial score (nSPS) is 11.3. The van der Waals surface area contributed by atoms with Gasteiger partial charge in [-0.1, -0.05) is 25.1 Å². The summed E-state index contributed by atoms with van der Waals surface area (Å²) in [5, 5.41) is 0.475. The van der Waals surface area contributed by atoms with Crippen LogP contribution >= 0.6 is 0 Å². The third-order valence-corrected chi connectivity index (χ3v) is 4.52. The quantitative estimate of drug-likeness (QED) is 0.553. The van der Waals surface area contributed by atoms with E-state index in [1.165, 1.54) is 19.6 Å². The highest BCUT2D eigenvalue weighted by molar-refractivity contribution is 5.77. The number of aromatic nitrogens is 4. The van der Waals surface area contributed by atoms with Gasteiger partial charge in [-0.15, -0.1) is 0 Å². The van der Waals surface area contributed by atoms with Crippen LogP contribution in [0.1, 0.15) is 19.0 Å². The molecular formula is C20H18N4O3. The molecule has 4 rings (SSSR count). The maximum Gasteiger partial charge on any atom is 0.331 e. The van der Waals surface area contributed by atoms with Gasteiger partial charge in [-0.3, -0.25) is 23.1 Å². The van der Waals surface area contributed by atoms with Gasteiger partial charge in [0.15, 0.2) is 0 Å². The first-order valence-electron chi connectivity index (χ1n) is 8.80. The summed E-state index contributed by atoms with van der Waals surface area (Å²) in [4.78, 5) is 42.5. The smallest absolute Gasteiger partial charge is 0.287 e. The molecule has 136 valence electrons. The highest BCUT2D eigenvalue weighted by Crippen LogP contribution is 2.09. The summed E-state index contributed by atoms with van der Waals surface area (Å²) in [5.74, 6) is 0. The Morgan fingerprint density at radius 1 is 0.963 bits per heavy atom. The first-order chi connectivity index (χ1) is 13.1. The second kappa shape index (κ2) is 6.68. The molecule has 4 aromatic rings. The van der Waals surface area contributed by atoms with Gasteiger partial charge < -0.3 is 0 Å². The van der Waals surface area contributed by atoms with Crippen molar-refractivity contribution in [3.8, 4) is 0 Å². The molecule has 0 saturated carbocycles. The van der Waals surface area contributed by atoms with Crippen LogP contribution in [0.2, 0.25) is 0 Å². The molecule has 1 aromatic carbocycles. The Bertz CT molecular complexity index is 1330. The van der Waals surface area contributed by atoms with Crippen LogP contribution in [0.25, 0.3) is 16.6 Å². The van der Waals surface area contributed by atoms with Crippen LogP contribution < -0.4 is 16.8 Å². The number of pyridine rings is 1. The molecule has 7 nitrogen and oxygen atoms in total. The Kier molecular flexibility index (Phi) is 4.19. The highest BCUT2D eigenvalue weighted by atomic mass is 16.2. The first-order valence-corrected chi connectivity index (χ1v) is 8.80. The third kappa shape index (κ3) is 2.87. The van der Waals surface area contributed by atoms with Crippen LogP contribution in [0.3, 0.4) is 0 Å². The largest absolute Gasteiger partial charge is 0.331 e. The molecule has 3 heterocycles. The monoisotopic (exact) mass is 362 g/mol. The molecule has 0 spiro atoms. The van der Waals surface area contributed by atoms with E-state index in [0.717, 1.165) is 0 Å². The summed E-state index contributed by atoms with van der Waals surface area (Å²) in [5.41, 5.74) is 0.625. The molecule has 7 heteroatoms. The zero-order valence-corrected chi connectivity index (χ0v) is 14.8. The molecule has 0 radical (unpaired) electrons.